The summed E-state index contributed by atoms with van der Waals surface area (Å²) in [6, 6.07) is -0.330. The molecule has 2 amide bonds. The molecule has 9 nitrogen and oxygen atoms in total. The molecule has 0 aromatic carbocycles. The molecule has 4 atom stereocenters. The number of fused-ring (bicyclic) bond motifs is 2. The molecule has 4 unspecified atom stereocenters. The van der Waals surface area contributed by atoms with Crippen LogP contribution in [0.25, 0.3) is 0 Å². The minimum atomic E-state index is -1.14. The molecule has 4 heterocycles. The van der Waals surface area contributed by atoms with Crippen molar-refractivity contribution in [2.24, 2.45) is 11.8 Å². The third-order valence-electron chi connectivity index (χ3n) is 5.94. The Morgan fingerprint density at radius 2 is 2.17 bits per heavy atom. The van der Waals surface area contributed by atoms with Crippen LogP contribution in [0, 0.1) is 11.8 Å². The molecule has 1 saturated heterocycles. The highest BCUT2D eigenvalue weighted by atomic mass is 32.2. The van der Waals surface area contributed by atoms with Crippen molar-refractivity contribution >= 4 is 40.9 Å². The number of hydrogen-bond acceptors (Lipinski definition) is 8. The van der Waals surface area contributed by atoms with Crippen LogP contribution in [0.4, 0.5) is 0 Å². The fourth-order valence-corrected chi connectivity index (χ4v) is 6.92. The molecule has 3 aliphatic rings. The number of rotatable bonds is 6. The van der Waals surface area contributed by atoms with Crippen LogP contribution in [0.2, 0.25) is 0 Å². The van der Waals surface area contributed by atoms with Crippen molar-refractivity contribution in [1.29, 1.82) is 0 Å². The summed E-state index contributed by atoms with van der Waals surface area (Å²) in [4.78, 5) is 45.9. The second-order valence-electron chi connectivity index (χ2n) is 7.86. The summed E-state index contributed by atoms with van der Waals surface area (Å²) in [6.07, 6.45) is -0.0264. The smallest absolute Gasteiger partial charge is 0.353 e. The van der Waals surface area contributed by atoms with Gasteiger partial charge < -0.3 is 20.4 Å². The highest BCUT2D eigenvalue weighted by Crippen LogP contribution is 2.52. The number of carbonyl (C=O) groups excluding carboxylic acids is 2. The van der Waals surface area contributed by atoms with Gasteiger partial charge in [0.2, 0.25) is 11.8 Å². The van der Waals surface area contributed by atoms with E-state index in [4.69, 9.17) is 4.98 Å². The number of hydrogen-bond donors (Lipinski definition) is 3. The summed E-state index contributed by atoms with van der Waals surface area (Å²) in [6.45, 7) is 5.14. The Morgan fingerprint density at radius 1 is 1.43 bits per heavy atom. The average molecular weight is 453 g/mol. The number of amides is 2. The molecule has 11 heteroatoms. The maximum atomic E-state index is 12.5. The molecule has 1 fully saturated rings. The minimum Gasteiger partial charge on any atom is -0.477 e. The summed E-state index contributed by atoms with van der Waals surface area (Å²) in [5.74, 6) is -2.28. The maximum Gasteiger partial charge on any atom is 0.353 e. The summed E-state index contributed by atoms with van der Waals surface area (Å²) in [7, 11) is 1.61. The third-order valence-corrected chi connectivity index (χ3v) is 8.44. The molecule has 4 rings (SSSR count). The van der Waals surface area contributed by atoms with Crippen molar-refractivity contribution in [3.05, 3.63) is 21.2 Å². The number of aliphatic hydroxyl groups excluding tert-OH is 1. The minimum absolute atomic E-state index is 0.00816. The van der Waals surface area contributed by atoms with Gasteiger partial charge in [0.25, 0.3) is 0 Å². The van der Waals surface area contributed by atoms with Gasteiger partial charge in [0.1, 0.15) is 5.70 Å². The Labute approximate surface area is 182 Å². The number of aliphatic hydroxyl groups is 1. The molecule has 0 radical (unpaired) electrons. The Hall–Kier alpha value is -1.95. The van der Waals surface area contributed by atoms with Crippen molar-refractivity contribution < 1.29 is 24.6 Å². The number of carbonyl (C=O) groups is 3. The third kappa shape index (κ3) is 3.43. The van der Waals surface area contributed by atoms with E-state index < -0.39 is 18.0 Å². The van der Waals surface area contributed by atoms with Crippen LogP contribution < -0.4 is 5.32 Å². The van der Waals surface area contributed by atoms with E-state index in [9.17, 15) is 24.6 Å². The van der Waals surface area contributed by atoms with E-state index in [1.807, 2.05) is 11.8 Å². The second kappa shape index (κ2) is 7.95. The Kier molecular flexibility index (Phi) is 5.64. The summed E-state index contributed by atoms with van der Waals surface area (Å²) < 4.78 is 0.742. The zero-order valence-electron chi connectivity index (χ0n) is 16.9. The largest absolute Gasteiger partial charge is 0.477 e. The van der Waals surface area contributed by atoms with Gasteiger partial charge >= 0.3 is 5.97 Å². The molecule has 0 saturated carbocycles. The highest BCUT2D eigenvalue weighted by Gasteiger charge is 2.60. The molecule has 162 valence electrons. The lowest BCUT2D eigenvalue weighted by molar-refractivity contribution is -0.163. The van der Waals surface area contributed by atoms with Gasteiger partial charge in [-0.05, 0) is 13.3 Å². The SMILES string of the molecule is CNC(=O)CN1CCc2sc(SC3=C(C(=O)O)N4C(=O)C(C(C)O)C4C3C)nc2C1. The molecular weight excluding hydrogens is 428 g/mol. The van der Waals surface area contributed by atoms with Crippen LogP contribution in [-0.2, 0) is 27.3 Å². The maximum absolute atomic E-state index is 12.5. The summed E-state index contributed by atoms with van der Waals surface area (Å²) in [5, 5.41) is 22.3. The van der Waals surface area contributed by atoms with Gasteiger partial charge in [0, 0.05) is 35.8 Å². The molecular formula is C19H24N4O5S2. The first-order valence-corrected chi connectivity index (χ1v) is 11.4. The van der Waals surface area contributed by atoms with E-state index in [0.717, 1.165) is 27.9 Å². The number of carboxylic acids is 1. The van der Waals surface area contributed by atoms with Crippen molar-refractivity contribution in [3.8, 4) is 0 Å². The van der Waals surface area contributed by atoms with E-state index >= 15 is 0 Å². The summed E-state index contributed by atoms with van der Waals surface area (Å²) >= 11 is 2.85. The normalized spacial score (nSPS) is 26.9. The lowest BCUT2D eigenvalue weighted by Crippen LogP contribution is -2.63. The number of carboxylic acid groups (broad SMARTS) is 1. The predicted octanol–water partition coefficient (Wildman–Crippen LogP) is 0.493. The first kappa shape index (κ1) is 21.3. The lowest BCUT2D eigenvalue weighted by Gasteiger charge is -2.46. The van der Waals surface area contributed by atoms with Gasteiger partial charge in [-0.3, -0.25) is 14.5 Å². The predicted molar refractivity (Wildman–Crippen MR) is 111 cm³/mol. The van der Waals surface area contributed by atoms with Gasteiger partial charge in [-0.15, -0.1) is 11.3 Å². The van der Waals surface area contributed by atoms with E-state index in [2.05, 4.69) is 5.32 Å². The Bertz CT molecular complexity index is 943. The zero-order chi connectivity index (χ0) is 21.7. The number of nitrogens with one attached hydrogen (secondary N) is 1. The standard InChI is InChI=1S/C19H24N4O5S2/c1-8-14-13(9(2)24)17(26)23(14)15(18(27)28)16(8)30-19-21-10-6-22(7-12(25)20-3)5-4-11(10)29-19/h8-9,13-14,24H,4-7H2,1-3H3,(H,20,25)(H,27,28). The van der Waals surface area contributed by atoms with Crippen molar-refractivity contribution in [3.63, 3.8) is 0 Å². The van der Waals surface area contributed by atoms with Gasteiger partial charge in [-0.2, -0.15) is 0 Å². The monoisotopic (exact) mass is 452 g/mol. The fraction of sp³-hybridized carbons (Fsp3) is 0.579. The number of thioether (sulfide) groups is 1. The van der Waals surface area contributed by atoms with Crippen LogP contribution in [0.5, 0.6) is 0 Å². The first-order valence-electron chi connectivity index (χ1n) is 9.80. The van der Waals surface area contributed by atoms with Crippen LogP contribution in [-0.4, -0.2) is 75.1 Å². The first-order chi connectivity index (χ1) is 14.2. The Balaban J connectivity index is 1.56. The van der Waals surface area contributed by atoms with Gasteiger partial charge in [-0.1, -0.05) is 18.7 Å². The average Bonchev–Trinajstić information content (AvgIpc) is 3.18. The quantitative estimate of drug-likeness (QED) is 0.533. The fourth-order valence-electron chi connectivity index (χ4n) is 4.44. The molecule has 0 bridgehead atoms. The van der Waals surface area contributed by atoms with E-state index in [-0.39, 0.29) is 29.5 Å². The Morgan fingerprint density at radius 3 is 2.80 bits per heavy atom. The molecule has 3 N–H and O–H groups in total. The molecule has 1 aromatic heterocycles. The number of likely N-dealkylation sites (N-methyl/N-ethyl adjacent to an activating group) is 1. The molecule has 1 aromatic rings. The molecule has 0 spiro atoms. The van der Waals surface area contributed by atoms with E-state index in [1.165, 1.54) is 16.7 Å². The topological polar surface area (TPSA) is 123 Å². The van der Waals surface area contributed by atoms with Crippen LogP contribution in [0.3, 0.4) is 0 Å². The number of aliphatic carboxylic acids is 1. The lowest BCUT2D eigenvalue weighted by atomic mass is 9.79. The number of thiazole rings is 1. The van der Waals surface area contributed by atoms with Crippen molar-refractivity contribution in [1.82, 2.24) is 20.1 Å². The summed E-state index contributed by atoms with van der Waals surface area (Å²) in [5.41, 5.74) is 0.927. The van der Waals surface area contributed by atoms with Crippen LogP contribution in [0.15, 0.2) is 14.9 Å². The number of β-lactam (4-membered cyclic amide) rings is 1. The zero-order valence-corrected chi connectivity index (χ0v) is 18.5. The van der Waals surface area contributed by atoms with Crippen LogP contribution in [0.1, 0.15) is 24.4 Å². The van der Waals surface area contributed by atoms with Crippen LogP contribution >= 0.6 is 23.1 Å². The molecule has 3 aliphatic heterocycles. The van der Waals surface area contributed by atoms with E-state index in [0.29, 0.717) is 18.0 Å². The van der Waals surface area contributed by atoms with Gasteiger partial charge in [0.15, 0.2) is 4.34 Å². The second-order valence-corrected chi connectivity index (χ2v) is 10.2. The van der Waals surface area contributed by atoms with Crippen molar-refractivity contribution in [2.45, 2.75) is 43.3 Å². The van der Waals surface area contributed by atoms with Gasteiger partial charge in [0.05, 0.1) is 30.3 Å². The number of aromatic nitrogens is 1. The number of nitrogens with zero attached hydrogens (tertiary/aromatic N) is 3. The highest BCUT2D eigenvalue weighted by molar-refractivity contribution is 8.04. The molecule has 30 heavy (non-hydrogen) atoms. The van der Waals surface area contributed by atoms with E-state index in [1.54, 1.807) is 25.3 Å². The van der Waals surface area contributed by atoms with Crippen molar-refractivity contribution in [2.75, 3.05) is 20.1 Å². The van der Waals surface area contributed by atoms with Gasteiger partial charge in [-0.25, -0.2) is 9.78 Å². The molecule has 0 aliphatic carbocycles.